The molecule has 1 aromatic rings. The molecule has 1 saturated heterocycles. The number of halogens is 2. The van der Waals surface area contributed by atoms with Gasteiger partial charge in [-0.05, 0) is 37.0 Å². The van der Waals surface area contributed by atoms with Gasteiger partial charge in [-0.1, -0.05) is 0 Å². The van der Waals surface area contributed by atoms with E-state index in [0.717, 1.165) is 25.5 Å². The predicted molar refractivity (Wildman–Crippen MR) is 60.1 cm³/mol. The Kier molecular flexibility index (Phi) is 4.04. The van der Waals surface area contributed by atoms with Crippen LogP contribution in [0.3, 0.4) is 0 Å². The number of nitrogens with one attached hydrogen (secondary N) is 1. The van der Waals surface area contributed by atoms with Gasteiger partial charge in [0.25, 0.3) is 0 Å². The average molecular weight is 242 g/mol. The van der Waals surface area contributed by atoms with E-state index in [9.17, 15) is 8.78 Å². The van der Waals surface area contributed by atoms with E-state index in [0.29, 0.717) is 12.0 Å². The zero-order valence-corrected chi connectivity index (χ0v) is 9.46. The van der Waals surface area contributed by atoms with Crippen molar-refractivity contribution < 1.29 is 13.5 Å². The molecule has 3 N–H and O–H groups in total. The van der Waals surface area contributed by atoms with Crippen LogP contribution in [0.1, 0.15) is 18.4 Å². The molecular weight excluding hydrogens is 226 g/mol. The van der Waals surface area contributed by atoms with E-state index in [1.165, 1.54) is 12.1 Å². The Morgan fingerprint density at radius 1 is 1.35 bits per heavy atom. The van der Waals surface area contributed by atoms with Gasteiger partial charge in [0, 0.05) is 12.7 Å². The Morgan fingerprint density at radius 3 is 2.59 bits per heavy atom. The maximum Gasteiger partial charge on any atom is 0.126 e. The molecule has 0 aromatic heterocycles. The molecule has 3 nitrogen and oxygen atoms in total. The van der Waals surface area contributed by atoms with Gasteiger partial charge in [-0.25, -0.2) is 8.78 Å². The molecule has 0 bridgehead atoms. The fourth-order valence-corrected chi connectivity index (χ4v) is 2.20. The predicted octanol–water partition coefficient (Wildman–Crippen LogP) is 1.52. The zero-order chi connectivity index (χ0) is 12.3. The third-order valence-electron chi connectivity index (χ3n) is 3.01. The van der Waals surface area contributed by atoms with Crippen molar-refractivity contribution in [2.24, 2.45) is 5.84 Å². The number of hydrazine groups is 1. The Balaban J connectivity index is 2.06. The third-order valence-corrected chi connectivity index (χ3v) is 3.01. The van der Waals surface area contributed by atoms with Gasteiger partial charge in [0.1, 0.15) is 11.6 Å². The van der Waals surface area contributed by atoms with Crippen LogP contribution >= 0.6 is 0 Å². The molecular formula is C12H16F2N2O. The molecule has 2 atom stereocenters. The molecule has 94 valence electrons. The number of benzene rings is 1. The van der Waals surface area contributed by atoms with Crippen molar-refractivity contribution in [2.45, 2.75) is 31.4 Å². The first-order valence-electron chi connectivity index (χ1n) is 5.72. The molecule has 1 aromatic carbocycles. The van der Waals surface area contributed by atoms with E-state index in [4.69, 9.17) is 10.6 Å². The van der Waals surface area contributed by atoms with Crippen molar-refractivity contribution >= 4 is 0 Å². The van der Waals surface area contributed by atoms with Crippen molar-refractivity contribution in [2.75, 3.05) is 6.61 Å². The summed E-state index contributed by atoms with van der Waals surface area (Å²) in [5.74, 6) is 4.33. The highest BCUT2D eigenvalue weighted by Gasteiger charge is 2.25. The first kappa shape index (κ1) is 12.4. The van der Waals surface area contributed by atoms with Crippen LogP contribution in [0.25, 0.3) is 0 Å². The summed E-state index contributed by atoms with van der Waals surface area (Å²) in [4.78, 5) is 0. The summed E-state index contributed by atoms with van der Waals surface area (Å²) in [7, 11) is 0. The number of nitrogens with two attached hydrogens (primary N) is 1. The van der Waals surface area contributed by atoms with E-state index < -0.39 is 11.6 Å². The zero-order valence-electron chi connectivity index (χ0n) is 9.46. The average Bonchev–Trinajstić information content (AvgIpc) is 2.77. The van der Waals surface area contributed by atoms with E-state index >= 15 is 0 Å². The van der Waals surface area contributed by atoms with Gasteiger partial charge in [-0.15, -0.1) is 0 Å². The second-order valence-corrected chi connectivity index (χ2v) is 4.31. The minimum Gasteiger partial charge on any atom is -0.377 e. The van der Waals surface area contributed by atoms with Gasteiger partial charge in [-0.2, -0.15) is 0 Å². The first-order chi connectivity index (χ1) is 8.19. The maximum absolute atomic E-state index is 13.0. The summed E-state index contributed by atoms with van der Waals surface area (Å²) in [6, 6.07) is 3.39. The second kappa shape index (κ2) is 5.53. The van der Waals surface area contributed by atoms with Gasteiger partial charge >= 0.3 is 0 Å². The molecule has 1 aliphatic heterocycles. The number of hydrogen-bond acceptors (Lipinski definition) is 3. The number of hydrogen-bond donors (Lipinski definition) is 2. The molecule has 2 rings (SSSR count). The fraction of sp³-hybridized carbons (Fsp3) is 0.500. The van der Waals surface area contributed by atoms with Crippen LogP contribution in [0, 0.1) is 11.6 Å². The highest BCUT2D eigenvalue weighted by molar-refractivity contribution is 5.19. The summed E-state index contributed by atoms with van der Waals surface area (Å²) in [5.41, 5.74) is 3.25. The van der Waals surface area contributed by atoms with Crippen LogP contribution in [0.15, 0.2) is 18.2 Å². The molecule has 1 aliphatic rings. The third kappa shape index (κ3) is 3.21. The van der Waals surface area contributed by atoms with Crippen LogP contribution in [-0.2, 0) is 11.2 Å². The van der Waals surface area contributed by atoms with Crippen LogP contribution in [0.5, 0.6) is 0 Å². The van der Waals surface area contributed by atoms with E-state index in [1.54, 1.807) is 0 Å². The van der Waals surface area contributed by atoms with Gasteiger partial charge < -0.3 is 4.74 Å². The smallest absolute Gasteiger partial charge is 0.126 e. The molecule has 5 heteroatoms. The van der Waals surface area contributed by atoms with Crippen molar-refractivity contribution in [3.8, 4) is 0 Å². The Labute approximate surface area is 98.9 Å². The van der Waals surface area contributed by atoms with E-state index in [2.05, 4.69) is 5.43 Å². The van der Waals surface area contributed by atoms with Crippen molar-refractivity contribution in [1.29, 1.82) is 0 Å². The number of rotatable bonds is 4. The quantitative estimate of drug-likeness (QED) is 0.621. The highest BCUT2D eigenvalue weighted by atomic mass is 19.1. The number of ether oxygens (including phenoxy) is 1. The lowest BCUT2D eigenvalue weighted by Crippen LogP contribution is -2.45. The van der Waals surface area contributed by atoms with Crippen molar-refractivity contribution in [3.05, 3.63) is 35.4 Å². The van der Waals surface area contributed by atoms with Crippen LogP contribution in [0.4, 0.5) is 8.78 Å². The minimum absolute atomic E-state index is 0.0197. The standard InChI is InChI=1S/C12H16F2N2O/c13-9-4-8(5-10(14)7-9)6-11(16-15)12-2-1-3-17-12/h4-5,7,11-12,16H,1-3,6,15H2. The van der Waals surface area contributed by atoms with Crippen LogP contribution < -0.4 is 11.3 Å². The Bertz CT molecular complexity index is 361. The molecule has 0 amide bonds. The molecule has 2 unspecified atom stereocenters. The Morgan fingerprint density at radius 2 is 2.06 bits per heavy atom. The Hall–Kier alpha value is -1.04. The normalized spacial score (nSPS) is 21.7. The van der Waals surface area contributed by atoms with E-state index in [1.807, 2.05) is 0 Å². The minimum atomic E-state index is -0.567. The molecule has 0 saturated carbocycles. The summed E-state index contributed by atoms with van der Waals surface area (Å²) in [6.07, 6.45) is 2.40. The van der Waals surface area contributed by atoms with Crippen molar-refractivity contribution in [1.82, 2.24) is 5.43 Å². The monoisotopic (exact) mass is 242 g/mol. The lowest BCUT2D eigenvalue weighted by Gasteiger charge is -2.22. The largest absolute Gasteiger partial charge is 0.377 e. The van der Waals surface area contributed by atoms with E-state index in [-0.39, 0.29) is 12.1 Å². The molecule has 1 heterocycles. The topological polar surface area (TPSA) is 47.3 Å². The second-order valence-electron chi connectivity index (χ2n) is 4.31. The van der Waals surface area contributed by atoms with Crippen molar-refractivity contribution in [3.63, 3.8) is 0 Å². The van der Waals surface area contributed by atoms with Gasteiger partial charge in [0.15, 0.2) is 0 Å². The van der Waals surface area contributed by atoms with Gasteiger partial charge in [-0.3, -0.25) is 11.3 Å². The molecule has 1 fully saturated rings. The first-order valence-corrected chi connectivity index (χ1v) is 5.72. The highest BCUT2D eigenvalue weighted by Crippen LogP contribution is 2.19. The van der Waals surface area contributed by atoms with Crippen LogP contribution in [-0.4, -0.2) is 18.8 Å². The lowest BCUT2D eigenvalue weighted by molar-refractivity contribution is 0.0784. The van der Waals surface area contributed by atoms with Gasteiger partial charge in [0.05, 0.1) is 12.1 Å². The molecule has 0 aliphatic carbocycles. The lowest BCUT2D eigenvalue weighted by atomic mass is 10.00. The van der Waals surface area contributed by atoms with Crippen LogP contribution in [0.2, 0.25) is 0 Å². The summed E-state index contributed by atoms with van der Waals surface area (Å²) in [6.45, 7) is 0.723. The fourth-order valence-electron chi connectivity index (χ4n) is 2.20. The van der Waals surface area contributed by atoms with Gasteiger partial charge in [0.2, 0.25) is 0 Å². The molecule has 17 heavy (non-hydrogen) atoms. The summed E-state index contributed by atoms with van der Waals surface area (Å²) in [5, 5.41) is 0. The SMILES string of the molecule is NNC(Cc1cc(F)cc(F)c1)C1CCCO1. The molecule has 0 radical (unpaired) electrons. The molecule has 0 spiro atoms. The summed E-state index contributed by atoms with van der Waals surface area (Å²) >= 11 is 0. The maximum atomic E-state index is 13.0. The summed E-state index contributed by atoms with van der Waals surface area (Å²) < 4.78 is 31.6.